The minimum atomic E-state index is -3.95. The van der Waals surface area contributed by atoms with Crippen molar-refractivity contribution in [3.8, 4) is 6.07 Å². The first-order chi connectivity index (χ1) is 9.85. The molecule has 0 bridgehead atoms. The maximum atomic E-state index is 13.9. The molecule has 0 aliphatic rings. The van der Waals surface area contributed by atoms with Crippen LogP contribution in [0.4, 0.5) is 14.5 Å². The highest BCUT2D eigenvalue weighted by atomic mass is 32.2. The first-order valence-electron chi connectivity index (χ1n) is 5.80. The molecule has 4 nitrogen and oxygen atoms in total. The summed E-state index contributed by atoms with van der Waals surface area (Å²) in [5, 5.41) is 8.73. The normalized spacial score (nSPS) is 11.1. The van der Waals surface area contributed by atoms with Crippen molar-refractivity contribution in [2.24, 2.45) is 0 Å². The van der Waals surface area contributed by atoms with E-state index >= 15 is 0 Å². The summed E-state index contributed by atoms with van der Waals surface area (Å²) in [6.45, 7) is 0. The molecule has 0 unspecified atom stereocenters. The van der Waals surface area contributed by atoms with Crippen LogP contribution in [0.5, 0.6) is 0 Å². The molecular formula is C14H10F2N2O2S. The lowest BCUT2D eigenvalue weighted by atomic mass is 10.1. The van der Waals surface area contributed by atoms with Crippen LogP contribution >= 0.6 is 0 Å². The summed E-state index contributed by atoms with van der Waals surface area (Å²) in [5.41, 5.74) is 4.86. The molecule has 108 valence electrons. The lowest BCUT2D eigenvalue weighted by Gasteiger charge is -2.09. The number of nitrogen functional groups attached to an aromatic ring is 1. The number of halogens is 2. The summed E-state index contributed by atoms with van der Waals surface area (Å²) in [6.07, 6.45) is 0. The zero-order valence-electron chi connectivity index (χ0n) is 10.7. The molecule has 2 aromatic carbocycles. The zero-order valence-corrected chi connectivity index (χ0v) is 11.5. The van der Waals surface area contributed by atoms with E-state index in [-0.39, 0.29) is 21.7 Å². The number of sulfone groups is 1. The van der Waals surface area contributed by atoms with E-state index in [9.17, 15) is 17.2 Å². The van der Waals surface area contributed by atoms with Crippen molar-refractivity contribution >= 4 is 15.5 Å². The number of benzene rings is 2. The molecule has 0 amide bonds. The number of hydrogen-bond acceptors (Lipinski definition) is 4. The van der Waals surface area contributed by atoms with Gasteiger partial charge < -0.3 is 5.73 Å². The Morgan fingerprint density at radius 2 is 1.90 bits per heavy atom. The van der Waals surface area contributed by atoms with Crippen molar-refractivity contribution in [1.82, 2.24) is 0 Å². The first-order valence-corrected chi connectivity index (χ1v) is 7.45. The van der Waals surface area contributed by atoms with Gasteiger partial charge in [-0.1, -0.05) is 12.1 Å². The van der Waals surface area contributed by atoms with Crippen LogP contribution in [0.1, 0.15) is 11.1 Å². The fourth-order valence-corrected chi connectivity index (χ4v) is 3.34. The summed E-state index contributed by atoms with van der Waals surface area (Å²) in [6, 6.07) is 8.43. The maximum absolute atomic E-state index is 13.9. The van der Waals surface area contributed by atoms with Crippen LogP contribution in [0, 0.1) is 23.0 Å². The molecule has 2 rings (SSSR count). The van der Waals surface area contributed by atoms with Gasteiger partial charge in [0.1, 0.15) is 17.7 Å². The van der Waals surface area contributed by atoms with Gasteiger partial charge in [0.2, 0.25) is 0 Å². The van der Waals surface area contributed by atoms with Gasteiger partial charge in [-0.2, -0.15) is 5.26 Å². The second-order valence-electron chi connectivity index (χ2n) is 4.33. The van der Waals surface area contributed by atoms with Gasteiger partial charge in [-0.3, -0.25) is 0 Å². The van der Waals surface area contributed by atoms with Gasteiger partial charge in [-0.05, 0) is 24.3 Å². The third-order valence-electron chi connectivity index (χ3n) is 2.85. The molecule has 0 aliphatic carbocycles. The molecule has 0 radical (unpaired) electrons. The molecule has 0 fully saturated rings. The van der Waals surface area contributed by atoms with Crippen LogP contribution in [0.3, 0.4) is 0 Å². The molecule has 7 heteroatoms. The molecule has 0 saturated heterocycles. The third-order valence-corrected chi connectivity index (χ3v) is 4.58. The highest BCUT2D eigenvalue weighted by Gasteiger charge is 2.21. The van der Waals surface area contributed by atoms with Gasteiger partial charge in [0.25, 0.3) is 0 Å². The van der Waals surface area contributed by atoms with Gasteiger partial charge in [-0.25, -0.2) is 17.2 Å². The quantitative estimate of drug-likeness (QED) is 0.697. The standard InChI is InChI=1S/C14H10F2N2O2S/c15-11-4-5-13(12(18)6-11)21(19,20)8-10-3-1-2-9(7-17)14(10)16/h1-6H,8,18H2. The fraction of sp³-hybridized carbons (Fsp3) is 0.0714. The van der Waals surface area contributed by atoms with Gasteiger partial charge in [0.15, 0.2) is 9.84 Å². The van der Waals surface area contributed by atoms with E-state index < -0.39 is 27.2 Å². The molecule has 0 heterocycles. The smallest absolute Gasteiger partial charge is 0.184 e. The van der Waals surface area contributed by atoms with Gasteiger partial charge in [0.05, 0.1) is 21.9 Å². The van der Waals surface area contributed by atoms with E-state index in [0.29, 0.717) is 0 Å². The second-order valence-corrected chi connectivity index (χ2v) is 6.29. The first kappa shape index (κ1) is 14.9. The highest BCUT2D eigenvalue weighted by Crippen LogP contribution is 2.25. The average molecular weight is 308 g/mol. The number of nitrogens with two attached hydrogens (primary N) is 1. The Morgan fingerprint density at radius 1 is 1.19 bits per heavy atom. The van der Waals surface area contributed by atoms with Crippen LogP contribution in [-0.4, -0.2) is 8.42 Å². The Bertz CT molecular complexity index is 843. The lowest BCUT2D eigenvalue weighted by molar-refractivity contribution is 0.585. The van der Waals surface area contributed by atoms with Gasteiger partial charge in [-0.15, -0.1) is 0 Å². The summed E-state index contributed by atoms with van der Waals surface area (Å²) in [4.78, 5) is -0.273. The molecule has 2 N–H and O–H groups in total. The number of nitriles is 1. The maximum Gasteiger partial charge on any atom is 0.184 e. The summed E-state index contributed by atoms with van der Waals surface area (Å²) >= 11 is 0. The van der Waals surface area contributed by atoms with Crippen LogP contribution in [0.25, 0.3) is 0 Å². The number of hydrogen-bond donors (Lipinski definition) is 1. The topological polar surface area (TPSA) is 84.0 Å². The van der Waals surface area contributed by atoms with Gasteiger partial charge in [0, 0.05) is 5.56 Å². The molecule has 0 atom stereocenters. The predicted molar refractivity (Wildman–Crippen MR) is 72.8 cm³/mol. The van der Waals surface area contributed by atoms with Crippen molar-refractivity contribution in [1.29, 1.82) is 5.26 Å². The lowest BCUT2D eigenvalue weighted by Crippen LogP contribution is -2.10. The molecule has 2 aromatic rings. The average Bonchev–Trinajstić information content (AvgIpc) is 2.40. The number of anilines is 1. The summed E-state index contributed by atoms with van der Waals surface area (Å²) in [5.74, 6) is -2.21. The molecule has 0 aliphatic heterocycles. The minimum Gasteiger partial charge on any atom is -0.398 e. The van der Waals surface area contributed by atoms with E-state index in [4.69, 9.17) is 11.0 Å². The van der Waals surface area contributed by atoms with Crippen molar-refractivity contribution in [2.75, 3.05) is 5.73 Å². The van der Waals surface area contributed by atoms with E-state index in [2.05, 4.69) is 0 Å². The Hall–Kier alpha value is -2.46. The van der Waals surface area contributed by atoms with Gasteiger partial charge >= 0.3 is 0 Å². The van der Waals surface area contributed by atoms with Crippen molar-refractivity contribution in [3.63, 3.8) is 0 Å². The van der Waals surface area contributed by atoms with Crippen LogP contribution in [0.2, 0.25) is 0 Å². The van der Waals surface area contributed by atoms with Crippen LogP contribution < -0.4 is 5.73 Å². The minimum absolute atomic E-state index is 0.141. The molecule has 21 heavy (non-hydrogen) atoms. The molecule has 0 saturated carbocycles. The molecule has 0 aromatic heterocycles. The molecular weight excluding hydrogens is 298 g/mol. The van der Waals surface area contributed by atoms with Crippen molar-refractivity contribution in [3.05, 3.63) is 59.2 Å². The Balaban J connectivity index is 2.45. The fourth-order valence-electron chi connectivity index (χ4n) is 1.86. The second kappa shape index (κ2) is 5.50. The zero-order chi connectivity index (χ0) is 15.6. The Kier molecular flexibility index (Phi) is 3.91. The van der Waals surface area contributed by atoms with E-state index in [1.54, 1.807) is 6.07 Å². The number of rotatable bonds is 3. The number of nitrogens with zero attached hydrogens (tertiary/aromatic N) is 1. The molecule has 0 spiro atoms. The third kappa shape index (κ3) is 3.01. The van der Waals surface area contributed by atoms with E-state index in [1.165, 1.54) is 18.2 Å². The van der Waals surface area contributed by atoms with Crippen LogP contribution in [-0.2, 0) is 15.6 Å². The Morgan fingerprint density at radius 3 is 2.52 bits per heavy atom. The predicted octanol–water partition coefficient (Wildman–Crippen LogP) is 2.39. The highest BCUT2D eigenvalue weighted by molar-refractivity contribution is 7.90. The van der Waals surface area contributed by atoms with E-state index in [0.717, 1.165) is 18.2 Å². The van der Waals surface area contributed by atoms with Crippen molar-refractivity contribution in [2.45, 2.75) is 10.6 Å². The van der Waals surface area contributed by atoms with Crippen molar-refractivity contribution < 1.29 is 17.2 Å². The SMILES string of the molecule is N#Cc1cccc(CS(=O)(=O)c2ccc(F)cc2N)c1F. The van der Waals surface area contributed by atoms with E-state index in [1.807, 2.05) is 0 Å². The Labute approximate surface area is 120 Å². The largest absolute Gasteiger partial charge is 0.398 e. The summed E-state index contributed by atoms with van der Waals surface area (Å²) in [7, 11) is -3.95. The summed E-state index contributed by atoms with van der Waals surface area (Å²) < 4.78 is 51.3. The van der Waals surface area contributed by atoms with Crippen LogP contribution in [0.15, 0.2) is 41.3 Å². The monoisotopic (exact) mass is 308 g/mol.